The number of aromatic carboxylic acids is 1. The summed E-state index contributed by atoms with van der Waals surface area (Å²) < 4.78 is 1.98. The smallest absolute Gasteiger partial charge is 0.335 e. The van der Waals surface area contributed by atoms with Gasteiger partial charge in [-0.05, 0) is 35.9 Å². The Balaban J connectivity index is 1.69. The summed E-state index contributed by atoms with van der Waals surface area (Å²) in [6.07, 6.45) is 3.14. The molecular formula is C20H19N3O3. The summed E-state index contributed by atoms with van der Waals surface area (Å²) in [5.41, 5.74) is 2.91. The van der Waals surface area contributed by atoms with E-state index >= 15 is 0 Å². The predicted octanol–water partition coefficient (Wildman–Crippen LogP) is 2.94. The molecule has 0 aliphatic heterocycles. The Morgan fingerprint density at radius 2 is 1.85 bits per heavy atom. The number of amides is 1. The Bertz CT molecular complexity index is 987. The summed E-state index contributed by atoms with van der Waals surface area (Å²) in [6, 6.07) is 14.2. The largest absolute Gasteiger partial charge is 0.478 e. The molecule has 6 nitrogen and oxygen atoms in total. The van der Waals surface area contributed by atoms with Crippen LogP contribution in [0.1, 0.15) is 21.7 Å². The molecule has 0 fully saturated rings. The van der Waals surface area contributed by atoms with Crippen LogP contribution in [0.5, 0.6) is 0 Å². The summed E-state index contributed by atoms with van der Waals surface area (Å²) >= 11 is 0. The maximum Gasteiger partial charge on any atom is 0.335 e. The molecular weight excluding hydrogens is 330 g/mol. The fourth-order valence-electron chi connectivity index (χ4n) is 2.66. The number of imidazole rings is 1. The Morgan fingerprint density at radius 1 is 1.15 bits per heavy atom. The lowest BCUT2D eigenvalue weighted by molar-refractivity contribution is -0.125. The molecule has 0 bridgehead atoms. The number of para-hydroxylation sites is 2. The molecule has 0 radical (unpaired) electrons. The minimum atomic E-state index is -0.973. The van der Waals surface area contributed by atoms with Crippen LogP contribution in [0.25, 0.3) is 17.1 Å². The molecule has 3 aromatic rings. The molecule has 26 heavy (non-hydrogen) atoms. The third-order valence-electron chi connectivity index (χ3n) is 4.21. The second-order valence-corrected chi connectivity index (χ2v) is 6.03. The number of carbonyl (C=O) groups excluding carboxylic acids is 1. The first kappa shape index (κ1) is 17.4. The zero-order valence-electron chi connectivity index (χ0n) is 14.6. The Morgan fingerprint density at radius 3 is 2.50 bits per heavy atom. The number of likely N-dealkylation sites (N-methyl/N-ethyl adjacent to an activating group) is 1. The zero-order chi connectivity index (χ0) is 18.7. The highest BCUT2D eigenvalue weighted by molar-refractivity contribution is 5.92. The van der Waals surface area contributed by atoms with Crippen molar-refractivity contribution in [3.8, 4) is 0 Å². The maximum atomic E-state index is 12.3. The van der Waals surface area contributed by atoms with E-state index in [2.05, 4.69) is 4.98 Å². The summed E-state index contributed by atoms with van der Waals surface area (Å²) in [4.78, 5) is 29.3. The summed E-state index contributed by atoms with van der Waals surface area (Å²) in [7, 11) is 3.66. The third-order valence-corrected chi connectivity index (χ3v) is 4.21. The maximum absolute atomic E-state index is 12.3. The number of rotatable bonds is 5. The van der Waals surface area contributed by atoms with E-state index in [1.165, 1.54) is 18.2 Å². The quantitative estimate of drug-likeness (QED) is 0.719. The number of benzene rings is 2. The minimum absolute atomic E-state index is 0.153. The van der Waals surface area contributed by atoms with Gasteiger partial charge < -0.3 is 14.6 Å². The molecule has 0 atom stereocenters. The number of carboxylic acid groups (broad SMARTS) is 1. The van der Waals surface area contributed by atoms with Gasteiger partial charge in [-0.1, -0.05) is 24.3 Å². The molecule has 0 spiro atoms. The number of nitrogens with zero attached hydrogens (tertiary/aromatic N) is 3. The minimum Gasteiger partial charge on any atom is -0.478 e. The van der Waals surface area contributed by atoms with Crippen molar-refractivity contribution in [1.82, 2.24) is 14.5 Å². The zero-order valence-corrected chi connectivity index (χ0v) is 14.6. The number of carboxylic acids is 1. The van der Waals surface area contributed by atoms with Crippen molar-refractivity contribution in [2.45, 2.75) is 6.54 Å². The standard InChI is InChI=1S/C20H19N3O3/c1-22(13-18-21-16-5-3-4-6-17(16)23(18)2)19(24)12-9-14-7-10-15(11-8-14)20(25)26/h3-12H,13H2,1-2H3,(H,25,26). The highest BCUT2D eigenvalue weighted by atomic mass is 16.4. The molecule has 1 aromatic heterocycles. The van der Waals surface area contributed by atoms with Gasteiger partial charge in [0, 0.05) is 20.2 Å². The Labute approximate surface area is 151 Å². The lowest BCUT2D eigenvalue weighted by Crippen LogP contribution is -2.25. The van der Waals surface area contributed by atoms with Gasteiger partial charge in [-0.25, -0.2) is 9.78 Å². The Kier molecular flexibility index (Phi) is 4.84. The molecule has 1 N–H and O–H groups in total. The highest BCUT2D eigenvalue weighted by Gasteiger charge is 2.12. The van der Waals surface area contributed by atoms with Crippen LogP contribution in [0, 0.1) is 0 Å². The van der Waals surface area contributed by atoms with Gasteiger partial charge in [0.1, 0.15) is 5.82 Å². The third kappa shape index (κ3) is 3.64. The topological polar surface area (TPSA) is 75.4 Å². The number of aryl methyl sites for hydroxylation is 1. The van der Waals surface area contributed by atoms with Crippen LogP contribution in [-0.4, -0.2) is 38.5 Å². The average Bonchev–Trinajstić information content (AvgIpc) is 2.96. The van der Waals surface area contributed by atoms with E-state index in [1.807, 2.05) is 35.9 Å². The first-order valence-electron chi connectivity index (χ1n) is 8.12. The van der Waals surface area contributed by atoms with Gasteiger partial charge in [-0.3, -0.25) is 4.79 Å². The van der Waals surface area contributed by atoms with Gasteiger partial charge >= 0.3 is 5.97 Å². The van der Waals surface area contributed by atoms with Gasteiger partial charge in [0.05, 0.1) is 23.1 Å². The van der Waals surface area contributed by atoms with Gasteiger partial charge in [0.25, 0.3) is 0 Å². The normalized spacial score (nSPS) is 11.2. The van der Waals surface area contributed by atoms with Gasteiger partial charge in [-0.2, -0.15) is 0 Å². The fourth-order valence-corrected chi connectivity index (χ4v) is 2.66. The van der Waals surface area contributed by atoms with E-state index in [4.69, 9.17) is 5.11 Å². The average molecular weight is 349 g/mol. The molecule has 3 rings (SSSR count). The SMILES string of the molecule is CN(Cc1nc2ccccc2n1C)C(=O)C=Cc1ccc(C(=O)O)cc1. The molecule has 0 saturated carbocycles. The number of hydrogen-bond acceptors (Lipinski definition) is 3. The predicted molar refractivity (Wildman–Crippen MR) is 99.6 cm³/mol. The molecule has 0 aliphatic rings. The monoisotopic (exact) mass is 349 g/mol. The molecule has 2 aromatic carbocycles. The second kappa shape index (κ2) is 7.23. The van der Waals surface area contributed by atoms with E-state index in [0.29, 0.717) is 6.54 Å². The van der Waals surface area contributed by atoms with Crippen molar-refractivity contribution in [2.75, 3.05) is 7.05 Å². The van der Waals surface area contributed by atoms with Crippen LogP contribution >= 0.6 is 0 Å². The summed E-state index contributed by atoms with van der Waals surface area (Å²) in [5.74, 6) is -0.320. The lowest BCUT2D eigenvalue weighted by Gasteiger charge is -2.14. The molecule has 0 aliphatic carbocycles. The van der Waals surface area contributed by atoms with Gasteiger partial charge in [-0.15, -0.1) is 0 Å². The van der Waals surface area contributed by atoms with Crippen molar-refractivity contribution in [2.24, 2.45) is 7.05 Å². The van der Waals surface area contributed by atoms with E-state index in [1.54, 1.807) is 30.2 Å². The van der Waals surface area contributed by atoms with E-state index in [0.717, 1.165) is 22.4 Å². The molecule has 0 saturated heterocycles. The summed E-state index contributed by atoms with van der Waals surface area (Å²) in [5, 5.41) is 8.89. The fraction of sp³-hybridized carbons (Fsp3) is 0.150. The van der Waals surface area contributed by atoms with Crippen molar-refractivity contribution >= 4 is 29.0 Å². The van der Waals surface area contributed by atoms with Crippen LogP contribution in [0.3, 0.4) is 0 Å². The van der Waals surface area contributed by atoms with Crippen molar-refractivity contribution in [1.29, 1.82) is 0 Å². The molecule has 1 heterocycles. The number of aromatic nitrogens is 2. The first-order valence-corrected chi connectivity index (χ1v) is 8.12. The van der Waals surface area contributed by atoms with Crippen LogP contribution in [0.2, 0.25) is 0 Å². The van der Waals surface area contributed by atoms with E-state index in [-0.39, 0.29) is 11.5 Å². The number of hydrogen-bond donors (Lipinski definition) is 1. The Hall–Kier alpha value is -3.41. The molecule has 1 amide bonds. The highest BCUT2D eigenvalue weighted by Crippen LogP contribution is 2.15. The van der Waals surface area contributed by atoms with Crippen LogP contribution < -0.4 is 0 Å². The van der Waals surface area contributed by atoms with E-state index in [9.17, 15) is 9.59 Å². The van der Waals surface area contributed by atoms with Crippen molar-refractivity contribution < 1.29 is 14.7 Å². The first-order chi connectivity index (χ1) is 12.5. The van der Waals surface area contributed by atoms with E-state index < -0.39 is 5.97 Å². The second-order valence-electron chi connectivity index (χ2n) is 6.03. The van der Waals surface area contributed by atoms with Crippen LogP contribution in [-0.2, 0) is 18.4 Å². The van der Waals surface area contributed by atoms with Crippen molar-refractivity contribution in [3.05, 3.63) is 71.6 Å². The molecule has 0 unspecified atom stereocenters. The summed E-state index contributed by atoms with van der Waals surface area (Å²) in [6.45, 7) is 0.395. The van der Waals surface area contributed by atoms with Gasteiger partial charge in [0.2, 0.25) is 5.91 Å². The molecule has 6 heteroatoms. The number of fused-ring (bicyclic) bond motifs is 1. The van der Waals surface area contributed by atoms with Gasteiger partial charge in [0.15, 0.2) is 0 Å². The van der Waals surface area contributed by atoms with Crippen molar-refractivity contribution in [3.63, 3.8) is 0 Å². The lowest BCUT2D eigenvalue weighted by atomic mass is 10.1. The molecule has 132 valence electrons. The number of carbonyl (C=O) groups is 2. The van der Waals surface area contributed by atoms with Crippen LogP contribution in [0.4, 0.5) is 0 Å². The van der Waals surface area contributed by atoms with Crippen LogP contribution in [0.15, 0.2) is 54.6 Å².